The minimum atomic E-state index is -0.0291. The average molecular weight is 312 g/mol. The molecule has 1 N–H and O–H groups in total. The number of carbonyl (C=O) groups is 1. The van der Waals surface area contributed by atoms with Crippen LogP contribution in [0, 0.1) is 6.92 Å². The van der Waals surface area contributed by atoms with Gasteiger partial charge in [0.1, 0.15) is 5.76 Å². The van der Waals surface area contributed by atoms with Crippen molar-refractivity contribution in [2.24, 2.45) is 0 Å². The Kier molecular flexibility index (Phi) is 5.13. The van der Waals surface area contributed by atoms with Gasteiger partial charge in [0.2, 0.25) is 0 Å². The van der Waals surface area contributed by atoms with E-state index in [0.717, 1.165) is 24.4 Å². The summed E-state index contributed by atoms with van der Waals surface area (Å²) in [5, 5.41) is 3.06. The first kappa shape index (κ1) is 15.8. The Morgan fingerprint density at radius 1 is 1.17 bits per heavy atom. The van der Waals surface area contributed by atoms with Gasteiger partial charge in [-0.3, -0.25) is 9.69 Å². The largest absolute Gasteiger partial charge is 0.468 e. The summed E-state index contributed by atoms with van der Waals surface area (Å²) in [4.78, 5) is 14.8. The van der Waals surface area contributed by atoms with Gasteiger partial charge in [0.05, 0.1) is 12.3 Å². The molecule has 0 bridgehead atoms. The van der Waals surface area contributed by atoms with Gasteiger partial charge in [0.25, 0.3) is 5.91 Å². The molecule has 0 saturated carbocycles. The molecule has 4 heteroatoms. The van der Waals surface area contributed by atoms with Gasteiger partial charge in [0.15, 0.2) is 0 Å². The predicted octanol–water partition coefficient (Wildman–Crippen LogP) is 3.55. The third-order valence-electron chi connectivity index (χ3n) is 4.47. The number of piperidine rings is 1. The molecule has 1 aromatic carbocycles. The van der Waals surface area contributed by atoms with Gasteiger partial charge in [-0.15, -0.1) is 0 Å². The number of benzene rings is 1. The van der Waals surface area contributed by atoms with E-state index in [4.69, 9.17) is 4.42 Å². The molecule has 1 amide bonds. The summed E-state index contributed by atoms with van der Waals surface area (Å²) in [5.74, 6) is 0.898. The van der Waals surface area contributed by atoms with Crippen LogP contribution in [0.25, 0.3) is 0 Å². The zero-order valence-electron chi connectivity index (χ0n) is 13.6. The Morgan fingerprint density at radius 3 is 2.57 bits per heavy atom. The molecule has 2 heterocycles. The summed E-state index contributed by atoms with van der Waals surface area (Å²) in [5.41, 5.74) is 1.86. The number of carbonyl (C=O) groups excluding carboxylic acids is 1. The summed E-state index contributed by atoms with van der Waals surface area (Å²) in [6, 6.07) is 11.7. The third kappa shape index (κ3) is 4.02. The third-order valence-corrected chi connectivity index (χ3v) is 4.47. The van der Waals surface area contributed by atoms with E-state index in [1.165, 1.54) is 19.3 Å². The molecule has 1 aliphatic rings. The van der Waals surface area contributed by atoms with E-state index < -0.39 is 0 Å². The fraction of sp³-hybridized carbons (Fsp3) is 0.421. The standard InChI is InChI=1S/C19H24N2O2/c1-15-7-9-16(10-8-15)19(22)20-14-17(18-6-5-13-23-18)21-11-3-2-4-12-21/h5-10,13,17H,2-4,11-12,14H2,1H3,(H,20,22)/t17-/m1/s1. The molecule has 122 valence electrons. The van der Waals surface area contributed by atoms with Gasteiger partial charge < -0.3 is 9.73 Å². The lowest BCUT2D eigenvalue weighted by Crippen LogP contribution is -2.40. The van der Waals surface area contributed by atoms with E-state index in [1.54, 1.807) is 6.26 Å². The number of nitrogens with one attached hydrogen (secondary N) is 1. The van der Waals surface area contributed by atoms with Gasteiger partial charge in [-0.2, -0.15) is 0 Å². The minimum Gasteiger partial charge on any atom is -0.468 e. The van der Waals surface area contributed by atoms with Crippen LogP contribution in [-0.2, 0) is 0 Å². The predicted molar refractivity (Wildman–Crippen MR) is 90.4 cm³/mol. The number of hydrogen-bond acceptors (Lipinski definition) is 3. The van der Waals surface area contributed by atoms with Crippen molar-refractivity contribution in [3.05, 3.63) is 59.5 Å². The van der Waals surface area contributed by atoms with Gasteiger partial charge in [-0.25, -0.2) is 0 Å². The second-order valence-electron chi connectivity index (χ2n) is 6.20. The van der Waals surface area contributed by atoms with Crippen LogP contribution < -0.4 is 5.32 Å². The molecule has 1 aliphatic heterocycles. The second kappa shape index (κ2) is 7.47. The Bertz CT molecular complexity index is 613. The van der Waals surface area contributed by atoms with E-state index in [0.29, 0.717) is 12.1 Å². The normalized spacial score (nSPS) is 16.9. The van der Waals surface area contributed by atoms with E-state index in [-0.39, 0.29) is 11.9 Å². The highest BCUT2D eigenvalue weighted by molar-refractivity contribution is 5.94. The number of likely N-dealkylation sites (tertiary alicyclic amines) is 1. The fourth-order valence-electron chi connectivity index (χ4n) is 3.12. The quantitative estimate of drug-likeness (QED) is 0.918. The molecule has 0 radical (unpaired) electrons. The molecular weight excluding hydrogens is 288 g/mol. The highest BCUT2D eigenvalue weighted by atomic mass is 16.3. The van der Waals surface area contributed by atoms with Crippen molar-refractivity contribution in [1.29, 1.82) is 0 Å². The van der Waals surface area contributed by atoms with Crippen molar-refractivity contribution in [2.75, 3.05) is 19.6 Å². The van der Waals surface area contributed by atoms with Crippen molar-refractivity contribution >= 4 is 5.91 Å². The van der Waals surface area contributed by atoms with Crippen molar-refractivity contribution in [2.45, 2.75) is 32.2 Å². The van der Waals surface area contributed by atoms with Crippen LogP contribution in [0.15, 0.2) is 47.1 Å². The highest BCUT2D eigenvalue weighted by Gasteiger charge is 2.25. The lowest BCUT2D eigenvalue weighted by Gasteiger charge is -2.33. The first-order valence-corrected chi connectivity index (χ1v) is 8.36. The lowest BCUT2D eigenvalue weighted by molar-refractivity contribution is 0.0914. The number of amides is 1. The van der Waals surface area contributed by atoms with Crippen molar-refractivity contribution in [3.8, 4) is 0 Å². The molecule has 1 fully saturated rings. The summed E-state index contributed by atoms with van der Waals surface area (Å²) in [7, 11) is 0. The molecule has 1 atom stereocenters. The number of aryl methyl sites for hydroxylation is 1. The molecular formula is C19H24N2O2. The number of nitrogens with zero attached hydrogens (tertiary/aromatic N) is 1. The first-order valence-electron chi connectivity index (χ1n) is 8.36. The van der Waals surface area contributed by atoms with E-state index in [2.05, 4.69) is 10.2 Å². The number of hydrogen-bond donors (Lipinski definition) is 1. The Hall–Kier alpha value is -2.07. The van der Waals surface area contributed by atoms with Crippen LogP contribution in [0.3, 0.4) is 0 Å². The molecule has 0 unspecified atom stereocenters. The van der Waals surface area contributed by atoms with Crippen LogP contribution in [0.4, 0.5) is 0 Å². The highest BCUT2D eigenvalue weighted by Crippen LogP contribution is 2.24. The van der Waals surface area contributed by atoms with E-state index in [9.17, 15) is 4.79 Å². The molecule has 3 rings (SSSR count). The van der Waals surface area contributed by atoms with Gasteiger partial charge in [-0.1, -0.05) is 24.1 Å². The number of rotatable bonds is 5. The fourth-order valence-corrected chi connectivity index (χ4v) is 3.12. The summed E-state index contributed by atoms with van der Waals surface area (Å²) in [6.07, 6.45) is 5.41. The van der Waals surface area contributed by atoms with Crippen LogP contribution in [0.2, 0.25) is 0 Å². The Morgan fingerprint density at radius 2 is 1.91 bits per heavy atom. The molecule has 23 heavy (non-hydrogen) atoms. The minimum absolute atomic E-state index is 0.0291. The molecule has 0 spiro atoms. The maximum Gasteiger partial charge on any atom is 0.251 e. The summed E-state index contributed by atoms with van der Waals surface area (Å²) in [6.45, 7) is 4.71. The van der Waals surface area contributed by atoms with Crippen LogP contribution in [-0.4, -0.2) is 30.4 Å². The molecule has 2 aromatic rings. The zero-order chi connectivity index (χ0) is 16.1. The van der Waals surface area contributed by atoms with E-state index in [1.807, 2.05) is 43.3 Å². The van der Waals surface area contributed by atoms with Gasteiger partial charge in [0, 0.05) is 12.1 Å². The Labute approximate surface area is 137 Å². The Balaban J connectivity index is 1.66. The van der Waals surface area contributed by atoms with Crippen molar-refractivity contribution < 1.29 is 9.21 Å². The van der Waals surface area contributed by atoms with Crippen molar-refractivity contribution in [3.63, 3.8) is 0 Å². The zero-order valence-corrected chi connectivity index (χ0v) is 13.6. The summed E-state index contributed by atoms with van der Waals surface area (Å²) >= 11 is 0. The molecule has 4 nitrogen and oxygen atoms in total. The van der Waals surface area contributed by atoms with Crippen LogP contribution in [0.1, 0.15) is 47.0 Å². The SMILES string of the molecule is Cc1ccc(C(=O)NC[C@H](c2ccco2)N2CCCCC2)cc1. The average Bonchev–Trinajstić information content (AvgIpc) is 3.11. The summed E-state index contributed by atoms with van der Waals surface area (Å²) < 4.78 is 5.61. The second-order valence-corrected chi connectivity index (χ2v) is 6.20. The topological polar surface area (TPSA) is 45.5 Å². The number of furan rings is 1. The molecule has 1 aromatic heterocycles. The maximum atomic E-state index is 12.4. The smallest absolute Gasteiger partial charge is 0.251 e. The van der Waals surface area contributed by atoms with Crippen molar-refractivity contribution in [1.82, 2.24) is 10.2 Å². The van der Waals surface area contributed by atoms with Crippen LogP contribution >= 0.6 is 0 Å². The molecule has 0 aliphatic carbocycles. The van der Waals surface area contributed by atoms with E-state index >= 15 is 0 Å². The van der Waals surface area contributed by atoms with Gasteiger partial charge in [-0.05, 0) is 57.1 Å². The van der Waals surface area contributed by atoms with Crippen LogP contribution in [0.5, 0.6) is 0 Å². The molecule has 1 saturated heterocycles. The lowest BCUT2D eigenvalue weighted by atomic mass is 10.1. The van der Waals surface area contributed by atoms with Gasteiger partial charge >= 0.3 is 0 Å². The monoisotopic (exact) mass is 312 g/mol. The maximum absolute atomic E-state index is 12.4. The first-order chi connectivity index (χ1) is 11.2.